The zero-order valence-corrected chi connectivity index (χ0v) is 12.0. The van der Waals surface area contributed by atoms with E-state index in [9.17, 15) is 4.79 Å². The number of H-pyrrole nitrogens is 1. The largest absolute Gasteiger partial charge is 0.478 e. The molecule has 0 saturated carbocycles. The lowest BCUT2D eigenvalue weighted by molar-refractivity contribution is 0.212. The maximum absolute atomic E-state index is 11.3. The van der Waals surface area contributed by atoms with Gasteiger partial charge in [-0.05, 0) is 18.6 Å². The molecule has 3 rings (SSSR count). The van der Waals surface area contributed by atoms with E-state index in [1.807, 2.05) is 12.1 Å². The highest BCUT2D eigenvalue weighted by atomic mass is 16.5. The van der Waals surface area contributed by atoms with E-state index in [1.165, 1.54) is 6.07 Å². The van der Waals surface area contributed by atoms with Gasteiger partial charge in [0.05, 0.1) is 6.61 Å². The summed E-state index contributed by atoms with van der Waals surface area (Å²) in [6, 6.07) is 7.00. The number of pyridine rings is 2. The van der Waals surface area contributed by atoms with Gasteiger partial charge in [0, 0.05) is 50.2 Å². The van der Waals surface area contributed by atoms with Gasteiger partial charge in [-0.2, -0.15) is 4.98 Å². The molecule has 0 radical (unpaired) electrons. The Kier molecular flexibility index (Phi) is 4.47. The van der Waals surface area contributed by atoms with E-state index in [2.05, 4.69) is 20.2 Å². The van der Waals surface area contributed by atoms with E-state index in [0.717, 1.165) is 44.5 Å². The molecule has 0 atom stereocenters. The SMILES string of the molecule is O=c1ccc2ccc(OCCCN3CCNCC3)nc2[nH]1. The third-order valence-corrected chi connectivity index (χ3v) is 3.64. The van der Waals surface area contributed by atoms with Gasteiger partial charge in [-0.3, -0.25) is 4.79 Å². The molecule has 6 heteroatoms. The van der Waals surface area contributed by atoms with Crippen LogP contribution >= 0.6 is 0 Å². The molecule has 2 aromatic heterocycles. The average Bonchev–Trinajstić information content (AvgIpc) is 2.52. The first-order valence-corrected chi connectivity index (χ1v) is 7.37. The van der Waals surface area contributed by atoms with E-state index in [1.54, 1.807) is 6.07 Å². The van der Waals surface area contributed by atoms with E-state index in [4.69, 9.17) is 4.74 Å². The van der Waals surface area contributed by atoms with Gasteiger partial charge in [0.15, 0.2) is 0 Å². The summed E-state index contributed by atoms with van der Waals surface area (Å²) >= 11 is 0. The van der Waals surface area contributed by atoms with Crippen LogP contribution in [0.2, 0.25) is 0 Å². The summed E-state index contributed by atoms with van der Waals surface area (Å²) in [5.41, 5.74) is 0.424. The predicted molar refractivity (Wildman–Crippen MR) is 81.8 cm³/mol. The van der Waals surface area contributed by atoms with Crippen molar-refractivity contribution in [2.45, 2.75) is 6.42 Å². The van der Waals surface area contributed by atoms with E-state index in [-0.39, 0.29) is 5.56 Å². The highest BCUT2D eigenvalue weighted by Gasteiger charge is 2.08. The number of nitrogens with one attached hydrogen (secondary N) is 2. The van der Waals surface area contributed by atoms with Crippen LogP contribution in [0.5, 0.6) is 5.88 Å². The molecule has 21 heavy (non-hydrogen) atoms. The Labute approximate surface area is 123 Å². The average molecular weight is 288 g/mol. The second-order valence-corrected chi connectivity index (χ2v) is 5.20. The third kappa shape index (κ3) is 3.80. The second-order valence-electron chi connectivity index (χ2n) is 5.20. The van der Waals surface area contributed by atoms with Crippen LogP contribution in [0.1, 0.15) is 6.42 Å². The molecule has 1 aliphatic rings. The van der Waals surface area contributed by atoms with Crippen LogP contribution in [0.15, 0.2) is 29.1 Å². The Morgan fingerprint density at radius 3 is 2.86 bits per heavy atom. The van der Waals surface area contributed by atoms with Crippen molar-refractivity contribution in [1.29, 1.82) is 0 Å². The fourth-order valence-electron chi connectivity index (χ4n) is 2.49. The van der Waals surface area contributed by atoms with Crippen molar-refractivity contribution in [2.75, 3.05) is 39.3 Å². The van der Waals surface area contributed by atoms with Crippen LogP contribution in [-0.4, -0.2) is 54.2 Å². The molecule has 1 saturated heterocycles. The molecular weight excluding hydrogens is 268 g/mol. The molecule has 0 bridgehead atoms. The number of aromatic nitrogens is 2. The number of nitrogens with zero attached hydrogens (tertiary/aromatic N) is 2. The first-order valence-electron chi connectivity index (χ1n) is 7.37. The summed E-state index contributed by atoms with van der Waals surface area (Å²) in [5.74, 6) is 0.560. The summed E-state index contributed by atoms with van der Waals surface area (Å²) in [7, 11) is 0. The minimum Gasteiger partial charge on any atom is -0.478 e. The molecule has 3 heterocycles. The zero-order chi connectivity index (χ0) is 14.5. The molecule has 2 aromatic rings. The minimum atomic E-state index is -0.147. The van der Waals surface area contributed by atoms with Crippen molar-refractivity contribution in [2.24, 2.45) is 0 Å². The normalized spacial score (nSPS) is 16.2. The van der Waals surface area contributed by atoms with Gasteiger partial charge in [0.2, 0.25) is 11.4 Å². The van der Waals surface area contributed by atoms with Crippen molar-refractivity contribution in [3.05, 3.63) is 34.6 Å². The Bertz CT molecular complexity index is 649. The lowest BCUT2D eigenvalue weighted by atomic mass is 10.3. The molecular formula is C15H20N4O2. The molecule has 112 valence electrons. The number of fused-ring (bicyclic) bond motifs is 1. The van der Waals surface area contributed by atoms with Gasteiger partial charge in [-0.25, -0.2) is 0 Å². The number of aromatic amines is 1. The lowest BCUT2D eigenvalue weighted by Crippen LogP contribution is -2.43. The Balaban J connectivity index is 1.51. The van der Waals surface area contributed by atoms with Crippen LogP contribution in [0.3, 0.4) is 0 Å². The standard InChI is InChI=1S/C15H20N4O2/c20-13-4-2-12-3-5-14(18-15(12)17-13)21-11-1-8-19-9-6-16-7-10-19/h2-5,16H,1,6-11H2,(H,17,18,20). The van der Waals surface area contributed by atoms with Crippen LogP contribution < -0.4 is 15.6 Å². The summed E-state index contributed by atoms with van der Waals surface area (Å²) in [6.45, 7) is 6.04. The highest BCUT2D eigenvalue weighted by molar-refractivity contribution is 5.74. The van der Waals surface area contributed by atoms with Gasteiger partial charge in [-0.1, -0.05) is 0 Å². The van der Waals surface area contributed by atoms with Crippen LogP contribution in [0.25, 0.3) is 11.0 Å². The van der Waals surface area contributed by atoms with Crippen molar-refractivity contribution >= 4 is 11.0 Å². The van der Waals surface area contributed by atoms with Gasteiger partial charge in [-0.15, -0.1) is 0 Å². The number of hydrogen-bond donors (Lipinski definition) is 2. The Hall–Kier alpha value is -1.92. The minimum absolute atomic E-state index is 0.147. The maximum Gasteiger partial charge on any atom is 0.249 e. The van der Waals surface area contributed by atoms with Gasteiger partial charge in [0.25, 0.3) is 0 Å². The summed E-state index contributed by atoms with van der Waals surface area (Å²) in [6.07, 6.45) is 0.977. The number of piperazine rings is 1. The number of ether oxygens (including phenoxy) is 1. The zero-order valence-electron chi connectivity index (χ0n) is 12.0. The fourth-order valence-corrected chi connectivity index (χ4v) is 2.49. The second kappa shape index (κ2) is 6.69. The Morgan fingerprint density at radius 2 is 2.00 bits per heavy atom. The van der Waals surface area contributed by atoms with E-state index >= 15 is 0 Å². The molecule has 0 aromatic carbocycles. The molecule has 6 nitrogen and oxygen atoms in total. The van der Waals surface area contributed by atoms with E-state index in [0.29, 0.717) is 18.1 Å². The van der Waals surface area contributed by atoms with Crippen molar-refractivity contribution in [1.82, 2.24) is 20.2 Å². The monoisotopic (exact) mass is 288 g/mol. The third-order valence-electron chi connectivity index (χ3n) is 3.64. The van der Waals surface area contributed by atoms with Crippen LogP contribution in [0.4, 0.5) is 0 Å². The van der Waals surface area contributed by atoms with Crippen LogP contribution in [-0.2, 0) is 0 Å². The number of hydrogen-bond acceptors (Lipinski definition) is 5. The molecule has 1 aliphatic heterocycles. The summed E-state index contributed by atoms with van der Waals surface area (Å²) in [5, 5.41) is 4.25. The number of rotatable bonds is 5. The lowest BCUT2D eigenvalue weighted by Gasteiger charge is -2.26. The van der Waals surface area contributed by atoms with Crippen molar-refractivity contribution in [3.8, 4) is 5.88 Å². The highest BCUT2D eigenvalue weighted by Crippen LogP contribution is 2.13. The molecule has 1 fully saturated rings. The molecule has 0 aliphatic carbocycles. The van der Waals surface area contributed by atoms with Crippen molar-refractivity contribution in [3.63, 3.8) is 0 Å². The van der Waals surface area contributed by atoms with Gasteiger partial charge >= 0.3 is 0 Å². The van der Waals surface area contributed by atoms with Gasteiger partial charge in [0.1, 0.15) is 5.65 Å². The first kappa shape index (κ1) is 14.0. The fraction of sp³-hybridized carbons (Fsp3) is 0.467. The van der Waals surface area contributed by atoms with Crippen molar-refractivity contribution < 1.29 is 4.74 Å². The molecule has 2 N–H and O–H groups in total. The first-order chi connectivity index (χ1) is 10.3. The summed E-state index contributed by atoms with van der Waals surface area (Å²) < 4.78 is 5.67. The molecule has 0 unspecified atom stereocenters. The molecule has 0 amide bonds. The molecule has 0 spiro atoms. The van der Waals surface area contributed by atoms with Crippen LogP contribution in [0, 0.1) is 0 Å². The quantitative estimate of drug-likeness (QED) is 0.788. The topological polar surface area (TPSA) is 70.2 Å². The smallest absolute Gasteiger partial charge is 0.249 e. The predicted octanol–water partition coefficient (Wildman–Crippen LogP) is 0.597. The Morgan fingerprint density at radius 1 is 1.19 bits per heavy atom. The maximum atomic E-state index is 11.3. The van der Waals surface area contributed by atoms with E-state index < -0.39 is 0 Å². The summed E-state index contributed by atoms with van der Waals surface area (Å²) in [4.78, 5) is 20.7. The van der Waals surface area contributed by atoms with Gasteiger partial charge < -0.3 is 19.9 Å².